The number of rotatable bonds is 4. The minimum absolute atomic E-state index is 0.0833. The normalized spacial score (nSPS) is 22.2. The minimum atomic E-state index is -0.0953. The van der Waals surface area contributed by atoms with Crippen LogP contribution in [0.15, 0.2) is 77.0 Å². The van der Waals surface area contributed by atoms with Gasteiger partial charge in [-0.3, -0.25) is 14.4 Å². The van der Waals surface area contributed by atoms with E-state index in [2.05, 4.69) is 35.1 Å². The van der Waals surface area contributed by atoms with Crippen LogP contribution in [-0.2, 0) is 17.8 Å². The molecule has 2 aromatic heterocycles. The first kappa shape index (κ1) is 23.8. The number of aromatic nitrogens is 5. The molecule has 1 saturated carbocycles. The number of halogens is 2. The molecule has 0 spiro atoms. The lowest BCUT2D eigenvalue weighted by atomic mass is 9.93. The largest absolute Gasteiger partial charge is 0.494 e. The molecule has 0 N–H and O–H groups in total. The van der Waals surface area contributed by atoms with Gasteiger partial charge in [-0.25, -0.2) is 9.67 Å². The number of fused-ring (bicyclic) bond motifs is 4. The van der Waals surface area contributed by atoms with Gasteiger partial charge in [0.05, 0.1) is 29.4 Å². The van der Waals surface area contributed by atoms with Crippen molar-refractivity contribution in [3.8, 4) is 16.9 Å². The third kappa shape index (κ3) is 3.78. The van der Waals surface area contributed by atoms with Crippen LogP contribution in [0.5, 0.6) is 0 Å². The molecule has 8 nitrogen and oxygen atoms in total. The fourth-order valence-electron chi connectivity index (χ4n) is 6.29. The second-order valence-electron chi connectivity index (χ2n) is 10.7. The molecule has 3 aliphatic heterocycles. The van der Waals surface area contributed by atoms with Crippen molar-refractivity contribution in [1.29, 1.82) is 0 Å². The summed E-state index contributed by atoms with van der Waals surface area (Å²) in [5.41, 5.74) is 7.60. The fourth-order valence-corrected chi connectivity index (χ4v) is 6.59. The van der Waals surface area contributed by atoms with Gasteiger partial charge in [-0.15, -0.1) is 5.10 Å². The summed E-state index contributed by atoms with van der Waals surface area (Å²) >= 11 is 12.4. The van der Waals surface area contributed by atoms with E-state index in [-0.39, 0.29) is 22.7 Å². The minimum Gasteiger partial charge on any atom is -0.494 e. The van der Waals surface area contributed by atoms with Crippen LogP contribution in [0, 0.1) is 5.92 Å². The summed E-state index contributed by atoms with van der Waals surface area (Å²) in [6.07, 6.45) is 6.01. The highest BCUT2D eigenvalue weighted by atomic mass is 35.5. The number of ether oxygens (including phenoxy) is 1. The molecule has 1 aliphatic carbocycles. The van der Waals surface area contributed by atoms with E-state index in [1.54, 1.807) is 29.1 Å². The summed E-state index contributed by atoms with van der Waals surface area (Å²) in [5, 5.41) is 8.78. The molecule has 3 atom stereocenters. The average molecular weight is 569 g/mol. The summed E-state index contributed by atoms with van der Waals surface area (Å²) < 4.78 is 9.08. The zero-order valence-corrected chi connectivity index (χ0v) is 22.7. The van der Waals surface area contributed by atoms with E-state index in [4.69, 9.17) is 37.9 Å². The maximum absolute atomic E-state index is 13.7. The van der Waals surface area contributed by atoms with Gasteiger partial charge in [0, 0.05) is 47.3 Å². The standard InChI is InChI=1S/C30H22Cl2N6O2/c1-15-6-16-2-3-17(7-19(16)14-40-15)18-8-25(33-12-18)29-21-10-22(21)30-34-24(11-28(39)38(29)30)23-9-20(31)4-5-26(23)37-13-27(32)35-36-37/h2-5,7,9,11-13,21-22,29H,1,6,8,10,14H2. The Labute approximate surface area is 239 Å². The predicted octanol–water partition coefficient (Wildman–Crippen LogP) is 5.93. The van der Waals surface area contributed by atoms with Crippen LogP contribution in [0.3, 0.4) is 0 Å². The molecule has 198 valence electrons. The van der Waals surface area contributed by atoms with Crippen molar-refractivity contribution < 1.29 is 4.74 Å². The topological polar surface area (TPSA) is 87.2 Å². The van der Waals surface area contributed by atoms with E-state index in [0.717, 1.165) is 41.3 Å². The summed E-state index contributed by atoms with van der Waals surface area (Å²) in [7, 11) is 0. The van der Waals surface area contributed by atoms with E-state index in [1.165, 1.54) is 11.1 Å². The summed E-state index contributed by atoms with van der Waals surface area (Å²) in [6.45, 7) is 4.49. The average Bonchev–Trinajstić information content (AvgIpc) is 3.23. The van der Waals surface area contributed by atoms with Gasteiger partial charge in [-0.1, -0.05) is 47.1 Å². The van der Waals surface area contributed by atoms with Crippen molar-refractivity contribution >= 4 is 34.5 Å². The van der Waals surface area contributed by atoms with Crippen molar-refractivity contribution in [2.75, 3.05) is 0 Å². The van der Waals surface area contributed by atoms with Crippen LogP contribution >= 0.6 is 23.2 Å². The zero-order valence-electron chi connectivity index (χ0n) is 21.2. The van der Waals surface area contributed by atoms with E-state index in [1.807, 2.05) is 16.8 Å². The molecule has 10 heteroatoms. The van der Waals surface area contributed by atoms with Crippen LogP contribution in [0.25, 0.3) is 22.5 Å². The summed E-state index contributed by atoms with van der Waals surface area (Å²) in [6, 6.07) is 13.4. The SMILES string of the molecule is C=C1Cc2ccc(C3=CN=C(C4C5CC5c5nc(-c6cc(Cl)ccc6-n6cc(Cl)nn6)cc(=O)n54)C3)cc2CO1. The molecule has 2 aromatic carbocycles. The Morgan fingerprint density at radius 2 is 1.95 bits per heavy atom. The van der Waals surface area contributed by atoms with Crippen molar-refractivity contribution in [3.05, 3.63) is 110 Å². The number of allylic oxidation sites excluding steroid dienone is 2. The van der Waals surface area contributed by atoms with Crippen molar-refractivity contribution in [2.24, 2.45) is 10.9 Å². The Hall–Kier alpha value is -4.01. The quantitative estimate of drug-likeness (QED) is 0.304. The molecule has 4 aliphatic rings. The second kappa shape index (κ2) is 8.74. The Balaban J connectivity index is 1.11. The van der Waals surface area contributed by atoms with Crippen LogP contribution < -0.4 is 5.56 Å². The van der Waals surface area contributed by atoms with E-state index in [9.17, 15) is 4.79 Å². The van der Waals surface area contributed by atoms with E-state index in [0.29, 0.717) is 40.9 Å². The van der Waals surface area contributed by atoms with Crippen LogP contribution in [0.2, 0.25) is 10.2 Å². The third-order valence-electron chi connectivity index (χ3n) is 8.28. The predicted molar refractivity (Wildman–Crippen MR) is 153 cm³/mol. The van der Waals surface area contributed by atoms with Gasteiger partial charge >= 0.3 is 0 Å². The van der Waals surface area contributed by atoms with Gasteiger partial charge in [-0.2, -0.15) is 0 Å². The number of aliphatic imine (C=N–C) groups is 1. The first-order valence-corrected chi connectivity index (χ1v) is 13.9. The molecular formula is C30H22Cl2N6O2. The Bertz CT molecular complexity index is 1890. The van der Waals surface area contributed by atoms with Crippen molar-refractivity contribution in [1.82, 2.24) is 24.5 Å². The van der Waals surface area contributed by atoms with Crippen LogP contribution in [0.1, 0.15) is 47.3 Å². The Morgan fingerprint density at radius 1 is 1.05 bits per heavy atom. The van der Waals surface area contributed by atoms with Crippen molar-refractivity contribution in [2.45, 2.75) is 37.8 Å². The molecule has 0 radical (unpaired) electrons. The monoisotopic (exact) mass is 568 g/mol. The first-order chi connectivity index (χ1) is 19.4. The van der Waals surface area contributed by atoms with Gasteiger partial charge in [0.2, 0.25) is 0 Å². The van der Waals surface area contributed by atoms with Crippen molar-refractivity contribution in [3.63, 3.8) is 0 Å². The molecule has 0 amide bonds. The molecule has 4 aromatic rings. The number of hydrogen-bond acceptors (Lipinski definition) is 6. The third-order valence-corrected chi connectivity index (χ3v) is 8.69. The molecule has 0 saturated heterocycles. The highest BCUT2D eigenvalue weighted by Gasteiger charge is 2.55. The van der Waals surface area contributed by atoms with Crippen LogP contribution in [-0.4, -0.2) is 30.3 Å². The number of nitrogens with zero attached hydrogens (tertiary/aromatic N) is 6. The fraction of sp³-hybridized carbons (Fsp3) is 0.233. The molecule has 40 heavy (non-hydrogen) atoms. The Kier molecular flexibility index (Phi) is 5.21. The van der Waals surface area contributed by atoms with Gasteiger partial charge in [-0.05, 0) is 58.9 Å². The number of hydrogen-bond donors (Lipinski definition) is 0. The smallest absolute Gasteiger partial charge is 0.254 e. The van der Waals surface area contributed by atoms with E-state index >= 15 is 0 Å². The molecule has 8 rings (SSSR count). The molecule has 0 bridgehead atoms. The lowest BCUT2D eigenvalue weighted by Crippen LogP contribution is -2.30. The maximum Gasteiger partial charge on any atom is 0.254 e. The Morgan fingerprint density at radius 3 is 2.80 bits per heavy atom. The molecule has 5 heterocycles. The zero-order chi connectivity index (χ0) is 27.1. The lowest BCUT2D eigenvalue weighted by molar-refractivity contribution is 0.182. The number of benzene rings is 2. The summed E-state index contributed by atoms with van der Waals surface area (Å²) in [4.78, 5) is 23.5. The molecular weight excluding hydrogens is 547 g/mol. The van der Waals surface area contributed by atoms with Crippen LogP contribution in [0.4, 0.5) is 0 Å². The van der Waals surface area contributed by atoms with Gasteiger partial charge in [0.1, 0.15) is 12.4 Å². The summed E-state index contributed by atoms with van der Waals surface area (Å²) in [5.74, 6) is 2.18. The van der Waals surface area contributed by atoms with E-state index < -0.39 is 0 Å². The highest BCUT2D eigenvalue weighted by Crippen LogP contribution is 2.59. The molecule has 3 unspecified atom stereocenters. The van der Waals surface area contributed by atoms with Gasteiger partial charge in [0.15, 0.2) is 5.15 Å². The van der Waals surface area contributed by atoms with Gasteiger partial charge < -0.3 is 4.74 Å². The van der Waals surface area contributed by atoms with Gasteiger partial charge in [0.25, 0.3) is 5.56 Å². The lowest BCUT2D eigenvalue weighted by Gasteiger charge is -2.21. The second-order valence-corrected chi connectivity index (χ2v) is 11.6. The molecule has 1 fully saturated rings. The first-order valence-electron chi connectivity index (χ1n) is 13.1. The maximum atomic E-state index is 13.7. The highest BCUT2D eigenvalue weighted by molar-refractivity contribution is 6.31.